The number of benzene rings is 3. The van der Waals surface area contributed by atoms with E-state index >= 15 is 0 Å². The lowest BCUT2D eigenvalue weighted by molar-refractivity contribution is 0.0696. The lowest BCUT2D eigenvalue weighted by Gasteiger charge is -2.24. The summed E-state index contributed by atoms with van der Waals surface area (Å²) >= 11 is 12.0. The van der Waals surface area contributed by atoms with Crippen LogP contribution in [-0.4, -0.2) is 22.2 Å². The highest BCUT2D eigenvalue weighted by molar-refractivity contribution is 6.42. The van der Waals surface area contributed by atoms with E-state index in [0.29, 0.717) is 21.5 Å². The summed E-state index contributed by atoms with van der Waals surface area (Å²) < 4.78 is 5.86. The molecule has 0 bridgehead atoms. The fourth-order valence-electron chi connectivity index (χ4n) is 3.26. The predicted octanol–water partition coefficient (Wildman–Crippen LogP) is 6.02. The Morgan fingerprint density at radius 1 is 0.833 bits per heavy atom. The van der Waals surface area contributed by atoms with Gasteiger partial charge in [0.1, 0.15) is 0 Å². The van der Waals surface area contributed by atoms with Crippen molar-refractivity contribution in [3.05, 3.63) is 80.8 Å². The first-order chi connectivity index (χ1) is 14.3. The number of ether oxygens (including phenoxy) is 1. The number of carbonyl (C=O) groups is 2. The number of aromatic carboxylic acids is 2. The number of hydrogen-bond donors (Lipinski definition) is 3. The lowest BCUT2D eigenvalue weighted by atomic mass is 10.0. The second-order valence-electron chi connectivity index (χ2n) is 6.81. The van der Waals surface area contributed by atoms with Crippen molar-refractivity contribution in [3.63, 3.8) is 0 Å². The average Bonchev–Trinajstić information content (AvgIpc) is 2.71. The molecule has 30 heavy (non-hydrogen) atoms. The Bertz CT molecular complexity index is 1190. The third-order valence-corrected chi connectivity index (χ3v) is 5.53. The maximum Gasteiger partial charge on any atom is 0.337 e. The predicted molar refractivity (Wildman–Crippen MR) is 114 cm³/mol. The summed E-state index contributed by atoms with van der Waals surface area (Å²) in [6, 6.07) is 13.5. The van der Waals surface area contributed by atoms with E-state index in [-0.39, 0.29) is 22.6 Å². The van der Waals surface area contributed by atoms with Crippen LogP contribution in [0.15, 0.2) is 48.5 Å². The van der Waals surface area contributed by atoms with Crippen molar-refractivity contribution in [2.45, 2.75) is 12.8 Å². The Morgan fingerprint density at radius 3 is 2.20 bits per heavy atom. The van der Waals surface area contributed by atoms with Gasteiger partial charge in [-0.25, -0.2) is 9.59 Å². The van der Waals surface area contributed by atoms with Gasteiger partial charge in [-0.15, -0.1) is 0 Å². The highest BCUT2D eigenvalue weighted by Crippen LogP contribution is 2.44. The molecule has 1 aliphatic rings. The van der Waals surface area contributed by atoms with E-state index in [4.69, 9.17) is 27.9 Å². The number of carboxylic acid groups (broad SMARTS) is 2. The number of aryl methyl sites for hydroxylation is 2. The van der Waals surface area contributed by atoms with Gasteiger partial charge in [0.15, 0.2) is 11.5 Å². The van der Waals surface area contributed by atoms with Gasteiger partial charge in [0, 0.05) is 0 Å². The summed E-state index contributed by atoms with van der Waals surface area (Å²) in [6.07, 6.45) is 1.46. The molecule has 3 aromatic rings. The van der Waals surface area contributed by atoms with Crippen molar-refractivity contribution >= 4 is 46.5 Å². The highest BCUT2D eigenvalue weighted by atomic mass is 35.5. The van der Waals surface area contributed by atoms with Crippen LogP contribution in [0.25, 0.3) is 0 Å². The van der Waals surface area contributed by atoms with Gasteiger partial charge in [-0.3, -0.25) is 0 Å². The van der Waals surface area contributed by atoms with Crippen LogP contribution in [0, 0.1) is 0 Å². The normalized spacial score (nSPS) is 11.7. The molecule has 0 aromatic heterocycles. The van der Waals surface area contributed by atoms with Crippen LogP contribution >= 0.6 is 23.2 Å². The molecular formula is C22H15Cl2NO5. The average molecular weight is 444 g/mol. The van der Waals surface area contributed by atoms with Crippen LogP contribution in [0.3, 0.4) is 0 Å². The molecule has 0 saturated carbocycles. The SMILES string of the molecule is O=C(O)c1cc2c(c(C(=O)O)c1)Nc1ccc(CCc3ccc(Cl)c(Cl)c3)cc1O2. The smallest absolute Gasteiger partial charge is 0.337 e. The van der Waals surface area contributed by atoms with Gasteiger partial charge in [0.25, 0.3) is 0 Å². The van der Waals surface area contributed by atoms with Crippen molar-refractivity contribution in [2.24, 2.45) is 0 Å². The molecule has 4 rings (SSSR count). The molecule has 6 nitrogen and oxygen atoms in total. The van der Waals surface area contributed by atoms with Crippen LogP contribution in [-0.2, 0) is 12.8 Å². The van der Waals surface area contributed by atoms with E-state index in [9.17, 15) is 19.8 Å². The van der Waals surface area contributed by atoms with Crippen molar-refractivity contribution in [2.75, 3.05) is 5.32 Å². The summed E-state index contributed by atoms with van der Waals surface area (Å²) in [5.74, 6) is -1.83. The number of rotatable bonds is 5. The Kier molecular flexibility index (Phi) is 5.28. The van der Waals surface area contributed by atoms with Crippen molar-refractivity contribution < 1.29 is 24.5 Å². The summed E-state index contributed by atoms with van der Waals surface area (Å²) in [5.41, 5.74) is 2.54. The first kappa shape index (κ1) is 20.1. The van der Waals surface area contributed by atoms with Gasteiger partial charge in [0.05, 0.1) is 32.5 Å². The Labute approximate surface area is 181 Å². The van der Waals surface area contributed by atoms with E-state index in [2.05, 4.69) is 5.32 Å². The quantitative estimate of drug-likeness (QED) is 0.348. The number of anilines is 2. The molecular weight excluding hydrogens is 429 g/mol. The molecule has 1 aliphatic heterocycles. The second-order valence-corrected chi connectivity index (χ2v) is 7.63. The van der Waals surface area contributed by atoms with E-state index in [1.54, 1.807) is 12.1 Å². The van der Waals surface area contributed by atoms with Gasteiger partial charge >= 0.3 is 11.9 Å². The topological polar surface area (TPSA) is 95.9 Å². The van der Waals surface area contributed by atoms with Crippen LogP contribution in [0.1, 0.15) is 31.8 Å². The molecule has 3 N–H and O–H groups in total. The maximum atomic E-state index is 11.6. The van der Waals surface area contributed by atoms with Gasteiger partial charge in [-0.1, -0.05) is 35.3 Å². The van der Waals surface area contributed by atoms with E-state index in [1.807, 2.05) is 24.3 Å². The molecule has 0 fully saturated rings. The summed E-state index contributed by atoms with van der Waals surface area (Å²) in [6.45, 7) is 0. The zero-order valence-corrected chi connectivity index (χ0v) is 16.9. The molecule has 0 spiro atoms. The molecule has 0 amide bonds. The molecule has 0 saturated heterocycles. The van der Waals surface area contributed by atoms with Gasteiger partial charge in [0.2, 0.25) is 0 Å². The number of carboxylic acids is 2. The number of halogens is 2. The van der Waals surface area contributed by atoms with E-state index in [1.165, 1.54) is 6.07 Å². The zero-order chi connectivity index (χ0) is 21.4. The van der Waals surface area contributed by atoms with Crippen LogP contribution < -0.4 is 10.1 Å². The first-order valence-corrected chi connectivity index (χ1v) is 9.74. The monoisotopic (exact) mass is 443 g/mol. The van der Waals surface area contributed by atoms with Crippen LogP contribution in [0.4, 0.5) is 11.4 Å². The van der Waals surface area contributed by atoms with E-state index < -0.39 is 11.9 Å². The molecule has 3 aromatic carbocycles. The molecule has 0 atom stereocenters. The summed E-state index contributed by atoms with van der Waals surface area (Å²) in [5, 5.41) is 22.8. The molecule has 0 aliphatic carbocycles. The molecule has 152 valence electrons. The van der Waals surface area contributed by atoms with Crippen molar-refractivity contribution in [1.29, 1.82) is 0 Å². The van der Waals surface area contributed by atoms with Gasteiger partial charge < -0.3 is 20.3 Å². The molecule has 1 heterocycles. The molecule has 0 unspecified atom stereocenters. The fraction of sp³-hybridized carbons (Fsp3) is 0.0909. The number of hydrogen-bond acceptors (Lipinski definition) is 4. The summed E-state index contributed by atoms with van der Waals surface area (Å²) in [7, 11) is 0. The molecule has 8 heteroatoms. The Balaban J connectivity index is 1.60. The zero-order valence-electron chi connectivity index (χ0n) is 15.4. The third kappa shape index (κ3) is 3.92. The standard InChI is InChI=1S/C22H15Cl2NO5/c23-15-5-3-11(7-16(15)24)1-2-12-4-6-17-18(8-12)30-19-10-13(21(26)27)9-14(22(28)29)20(19)25-17/h3-10,25H,1-2H2,(H,26,27)(H,28,29). The lowest BCUT2D eigenvalue weighted by Crippen LogP contribution is -2.11. The number of fused-ring (bicyclic) bond motifs is 2. The minimum Gasteiger partial charge on any atom is -0.478 e. The van der Waals surface area contributed by atoms with Gasteiger partial charge in [-0.2, -0.15) is 0 Å². The number of nitrogens with one attached hydrogen (secondary N) is 1. The van der Waals surface area contributed by atoms with Crippen LogP contribution in [0.5, 0.6) is 11.5 Å². The van der Waals surface area contributed by atoms with E-state index in [0.717, 1.165) is 30.0 Å². The summed E-state index contributed by atoms with van der Waals surface area (Å²) in [4.78, 5) is 22.9. The van der Waals surface area contributed by atoms with Gasteiger partial charge in [-0.05, 0) is 60.4 Å². The Hall–Kier alpha value is -3.22. The fourth-order valence-corrected chi connectivity index (χ4v) is 3.58. The van der Waals surface area contributed by atoms with Crippen LogP contribution in [0.2, 0.25) is 10.0 Å². The van der Waals surface area contributed by atoms with Crippen molar-refractivity contribution in [1.82, 2.24) is 0 Å². The third-order valence-electron chi connectivity index (χ3n) is 4.79. The first-order valence-electron chi connectivity index (χ1n) is 8.98. The minimum absolute atomic E-state index is 0.154. The molecule has 0 radical (unpaired) electrons. The second kappa shape index (κ2) is 7.89. The maximum absolute atomic E-state index is 11.6. The highest BCUT2D eigenvalue weighted by Gasteiger charge is 2.25. The largest absolute Gasteiger partial charge is 0.478 e. The Morgan fingerprint density at radius 2 is 1.53 bits per heavy atom. The van der Waals surface area contributed by atoms with Crippen molar-refractivity contribution in [3.8, 4) is 11.5 Å². The minimum atomic E-state index is -1.24.